The van der Waals surface area contributed by atoms with Gasteiger partial charge in [-0.05, 0) is 38.0 Å². The number of halogens is 2. The van der Waals surface area contributed by atoms with Crippen LogP contribution in [0.4, 0.5) is 16.0 Å². The number of aromatic nitrogens is 2. The van der Waals surface area contributed by atoms with Gasteiger partial charge in [-0.15, -0.1) is 0 Å². The highest BCUT2D eigenvalue weighted by Crippen LogP contribution is 2.38. The summed E-state index contributed by atoms with van der Waals surface area (Å²) in [6, 6.07) is 4.77. The van der Waals surface area contributed by atoms with Crippen LogP contribution >= 0.6 is 11.6 Å². The van der Waals surface area contributed by atoms with E-state index in [1.807, 2.05) is 13.1 Å². The maximum atomic E-state index is 13.2. The number of benzene rings is 1. The molecule has 94 valence electrons. The molecule has 0 atom stereocenters. The van der Waals surface area contributed by atoms with Gasteiger partial charge in [-0.25, -0.2) is 9.37 Å². The van der Waals surface area contributed by atoms with Gasteiger partial charge in [0, 0.05) is 12.2 Å². The molecule has 0 bridgehead atoms. The lowest BCUT2D eigenvalue weighted by Crippen LogP contribution is -2.01. The number of imidazole rings is 1. The fourth-order valence-electron chi connectivity index (χ4n) is 1.95. The van der Waals surface area contributed by atoms with E-state index >= 15 is 0 Å². The Bertz CT molecular complexity index is 590. The molecule has 0 amide bonds. The van der Waals surface area contributed by atoms with Crippen molar-refractivity contribution in [3.63, 3.8) is 0 Å². The van der Waals surface area contributed by atoms with Crippen molar-refractivity contribution in [3.8, 4) is 0 Å². The number of hydrogen-bond donors (Lipinski definition) is 1. The summed E-state index contributed by atoms with van der Waals surface area (Å²) in [5, 5.41) is 3.59. The molecule has 0 unspecified atom stereocenters. The standard InChI is InChI=1S/C13H13ClFN3/c1-8-7-18(10-3-4-10)13(16-8)17-12-6-9(15)2-5-11(12)14/h2,5-7,10H,3-4H2,1H3,(H,16,17). The van der Waals surface area contributed by atoms with E-state index in [0.717, 1.165) is 11.6 Å². The summed E-state index contributed by atoms with van der Waals surface area (Å²) in [5.41, 5.74) is 1.49. The molecule has 1 saturated carbocycles. The first-order valence-corrected chi connectivity index (χ1v) is 6.29. The lowest BCUT2D eigenvalue weighted by atomic mass is 10.3. The zero-order chi connectivity index (χ0) is 12.7. The van der Waals surface area contributed by atoms with E-state index in [1.165, 1.54) is 31.0 Å². The summed E-state index contributed by atoms with van der Waals surface area (Å²) in [5.74, 6) is 0.408. The van der Waals surface area contributed by atoms with Crippen LogP contribution in [-0.4, -0.2) is 9.55 Å². The number of nitrogens with one attached hydrogen (secondary N) is 1. The van der Waals surface area contributed by atoms with Crippen LogP contribution < -0.4 is 5.32 Å². The normalized spacial score (nSPS) is 14.8. The first-order valence-electron chi connectivity index (χ1n) is 5.91. The molecule has 1 aliphatic carbocycles. The van der Waals surface area contributed by atoms with Crippen LogP contribution in [0.5, 0.6) is 0 Å². The summed E-state index contributed by atoms with van der Waals surface area (Å²) in [7, 11) is 0. The second kappa shape index (κ2) is 4.28. The predicted molar refractivity (Wildman–Crippen MR) is 69.9 cm³/mol. The van der Waals surface area contributed by atoms with Crippen LogP contribution in [0.25, 0.3) is 0 Å². The van der Waals surface area contributed by atoms with Crippen molar-refractivity contribution in [2.24, 2.45) is 0 Å². The Morgan fingerprint density at radius 2 is 2.22 bits per heavy atom. The Kier molecular flexibility index (Phi) is 2.74. The molecular weight excluding hydrogens is 253 g/mol. The van der Waals surface area contributed by atoms with Crippen molar-refractivity contribution in [2.45, 2.75) is 25.8 Å². The maximum absolute atomic E-state index is 13.2. The predicted octanol–water partition coefficient (Wildman–Crippen LogP) is 4.06. The molecule has 1 aromatic carbocycles. The SMILES string of the molecule is Cc1cn(C2CC2)c(Nc2cc(F)ccc2Cl)n1. The van der Waals surface area contributed by atoms with Gasteiger partial charge in [0.25, 0.3) is 0 Å². The van der Waals surface area contributed by atoms with Crippen LogP contribution in [0.1, 0.15) is 24.6 Å². The summed E-state index contributed by atoms with van der Waals surface area (Å²) >= 11 is 6.03. The molecule has 1 aliphatic rings. The van der Waals surface area contributed by atoms with E-state index in [4.69, 9.17) is 11.6 Å². The van der Waals surface area contributed by atoms with Crippen molar-refractivity contribution >= 4 is 23.2 Å². The molecule has 1 heterocycles. The van der Waals surface area contributed by atoms with Gasteiger partial charge in [0.15, 0.2) is 0 Å². The average Bonchev–Trinajstić information content (AvgIpc) is 3.09. The zero-order valence-corrected chi connectivity index (χ0v) is 10.7. The summed E-state index contributed by atoms with van der Waals surface area (Å²) in [4.78, 5) is 4.41. The summed E-state index contributed by atoms with van der Waals surface area (Å²) in [6.07, 6.45) is 4.34. The topological polar surface area (TPSA) is 29.9 Å². The zero-order valence-electron chi connectivity index (χ0n) is 9.95. The fraction of sp³-hybridized carbons (Fsp3) is 0.308. The van der Waals surface area contributed by atoms with Gasteiger partial charge in [-0.3, -0.25) is 0 Å². The quantitative estimate of drug-likeness (QED) is 0.907. The smallest absolute Gasteiger partial charge is 0.207 e. The van der Waals surface area contributed by atoms with E-state index < -0.39 is 0 Å². The minimum Gasteiger partial charge on any atom is -0.324 e. The van der Waals surface area contributed by atoms with Crippen molar-refractivity contribution < 1.29 is 4.39 Å². The fourth-order valence-corrected chi connectivity index (χ4v) is 2.12. The molecule has 3 nitrogen and oxygen atoms in total. The lowest BCUT2D eigenvalue weighted by molar-refractivity contribution is 0.628. The molecule has 0 aliphatic heterocycles. The summed E-state index contributed by atoms with van der Waals surface area (Å²) < 4.78 is 15.3. The van der Waals surface area contributed by atoms with Crippen LogP contribution in [0, 0.1) is 12.7 Å². The molecule has 5 heteroatoms. The number of aryl methyl sites for hydroxylation is 1. The molecule has 0 radical (unpaired) electrons. The monoisotopic (exact) mass is 265 g/mol. The molecule has 18 heavy (non-hydrogen) atoms. The molecule has 1 fully saturated rings. The number of anilines is 2. The highest BCUT2D eigenvalue weighted by Gasteiger charge is 2.26. The second-order valence-corrected chi connectivity index (χ2v) is 5.00. The third-order valence-electron chi connectivity index (χ3n) is 2.97. The van der Waals surface area contributed by atoms with E-state index in [2.05, 4.69) is 14.9 Å². The van der Waals surface area contributed by atoms with E-state index in [0.29, 0.717) is 16.8 Å². The largest absolute Gasteiger partial charge is 0.324 e. The molecule has 3 rings (SSSR count). The highest BCUT2D eigenvalue weighted by molar-refractivity contribution is 6.33. The summed E-state index contributed by atoms with van der Waals surface area (Å²) in [6.45, 7) is 1.94. The average molecular weight is 266 g/mol. The number of hydrogen-bond acceptors (Lipinski definition) is 2. The molecule has 1 N–H and O–H groups in total. The van der Waals surface area contributed by atoms with Crippen LogP contribution in [-0.2, 0) is 0 Å². The first-order chi connectivity index (χ1) is 8.63. The Morgan fingerprint density at radius 1 is 1.44 bits per heavy atom. The van der Waals surface area contributed by atoms with Crippen molar-refractivity contribution in [2.75, 3.05) is 5.32 Å². The molecule has 2 aromatic rings. The minimum atomic E-state index is -0.317. The molecule has 0 spiro atoms. The van der Waals surface area contributed by atoms with Crippen LogP contribution in [0.15, 0.2) is 24.4 Å². The minimum absolute atomic E-state index is 0.317. The number of rotatable bonds is 3. The first kappa shape index (κ1) is 11.5. The van der Waals surface area contributed by atoms with E-state index in [-0.39, 0.29) is 5.82 Å². The molecule has 1 aromatic heterocycles. The Hall–Kier alpha value is -1.55. The van der Waals surface area contributed by atoms with Gasteiger partial charge in [-0.2, -0.15) is 0 Å². The number of nitrogens with zero attached hydrogens (tertiary/aromatic N) is 2. The van der Waals surface area contributed by atoms with Gasteiger partial charge < -0.3 is 9.88 Å². The molecule has 0 saturated heterocycles. The van der Waals surface area contributed by atoms with Gasteiger partial charge >= 0.3 is 0 Å². The second-order valence-electron chi connectivity index (χ2n) is 4.59. The van der Waals surface area contributed by atoms with E-state index in [9.17, 15) is 4.39 Å². The Morgan fingerprint density at radius 3 is 2.94 bits per heavy atom. The third-order valence-corrected chi connectivity index (χ3v) is 3.30. The van der Waals surface area contributed by atoms with Gasteiger partial charge in [-0.1, -0.05) is 11.6 Å². The van der Waals surface area contributed by atoms with Crippen molar-refractivity contribution in [1.29, 1.82) is 0 Å². The highest BCUT2D eigenvalue weighted by atomic mass is 35.5. The van der Waals surface area contributed by atoms with Crippen LogP contribution in [0.3, 0.4) is 0 Å². The van der Waals surface area contributed by atoms with Gasteiger partial charge in [0.05, 0.1) is 16.4 Å². The van der Waals surface area contributed by atoms with Crippen LogP contribution in [0.2, 0.25) is 5.02 Å². The third kappa shape index (κ3) is 2.20. The van der Waals surface area contributed by atoms with E-state index in [1.54, 1.807) is 0 Å². The Labute approximate surface area is 110 Å². The van der Waals surface area contributed by atoms with Crippen molar-refractivity contribution in [3.05, 3.63) is 40.9 Å². The van der Waals surface area contributed by atoms with Crippen molar-refractivity contribution in [1.82, 2.24) is 9.55 Å². The molecular formula is C13H13ClFN3. The maximum Gasteiger partial charge on any atom is 0.207 e. The Balaban J connectivity index is 1.94. The van der Waals surface area contributed by atoms with Gasteiger partial charge in [0.1, 0.15) is 5.82 Å². The van der Waals surface area contributed by atoms with Gasteiger partial charge in [0.2, 0.25) is 5.95 Å². The lowest BCUT2D eigenvalue weighted by Gasteiger charge is -2.10.